The summed E-state index contributed by atoms with van der Waals surface area (Å²) >= 11 is 5.46. The van der Waals surface area contributed by atoms with Gasteiger partial charge in [-0.05, 0) is 36.5 Å². The average Bonchev–Trinajstić information content (AvgIpc) is 3.42. The first-order chi connectivity index (χ1) is 16.5. The molecular weight excluding hydrogens is 462 g/mol. The van der Waals surface area contributed by atoms with Crippen LogP contribution in [0.5, 0.6) is 17.2 Å². The van der Waals surface area contributed by atoms with Gasteiger partial charge in [0.2, 0.25) is 0 Å². The molecule has 4 atom stereocenters. The lowest BCUT2D eigenvalue weighted by Crippen LogP contribution is -2.46. The molecule has 0 aromatic heterocycles. The van der Waals surface area contributed by atoms with E-state index >= 15 is 0 Å². The Labute approximate surface area is 202 Å². The minimum Gasteiger partial charge on any atom is -0.497 e. The monoisotopic (exact) mass is 489 g/mol. The number of benzene rings is 2. The zero-order chi connectivity index (χ0) is 24.1. The number of hydrogen-bond acceptors (Lipinski definition) is 8. The Bertz CT molecular complexity index is 998. The maximum absolute atomic E-state index is 12.3. The molecule has 0 bridgehead atoms. The third kappa shape index (κ3) is 5.61. The predicted molar refractivity (Wildman–Crippen MR) is 129 cm³/mol. The van der Waals surface area contributed by atoms with Gasteiger partial charge in [-0.3, -0.25) is 5.32 Å². The van der Waals surface area contributed by atoms with Crippen molar-refractivity contribution in [1.29, 1.82) is 0 Å². The van der Waals surface area contributed by atoms with Gasteiger partial charge in [-0.15, -0.1) is 0 Å². The number of hydrogen-bond donors (Lipinski definition) is 3. The van der Waals surface area contributed by atoms with Crippen molar-refractivity contribution in [3.63, 3.8) is 0 Å². The van der Waals surface area contributed by atoms with Gasteiger partial charge >= 0.3 is 6.09 Å². The van der Waals surface area contributed by atoms with E-state index in [9.17, 15) is 4.79 Å². The molecule has 2 aliphatic heterocycles. The van der Waals surface area contributed by atoms with Crippen LogP contribution in [0, 0.1) is 0 Å². The smallest absolute Gasteiger partial charge is 0.412 e. The standard InChI is InChI=1S/C23H27N3O7S/c1-28-15-6-4-13(5-7-15)25-23(27)33-19-12-32-20-18(11-31-21(19)20)26-22(34)24-14-8-16(29-2)10-17(9-14)30-3/h4-10,18-21H,11-12H2,1-3H3,(H,25,27)(H2,24,26,34)/t18-,19+,20+,21+/m0/s1. The molecule has 2 aromatic carbocycles. The Hall–Kier alpha value is -3.28. The lowest BCUT2D eigenvalue weighted by molar-refractivity contribution is 0.00880. The van der Waals surface area contributed by atoms with Crippen LogP contribution in [-0.2, 0) is 14.2 Å². The highest BCUT2D eigenvalue weighted by Crippen LogP contribution is 2.30. The van der Waals surface area contributed by atoms with Crippen LogP contribution < -0.4 is 30.2 Å². The molecule has 2 aliphatic rings. The van der Waals surface area contributed by atoms with E-state index in [1.807, 2.05) is 12.1 Å². The summed E-state index contributed by atoms with van der Waals surface area (Å²) in [5, 5.41) is 9.43. The quantitative estimate of drug-likeness (QED) is 0.503. The fourth-order valence-electron chi connectivity index (χ4n) is 3.86. The number of anilines is 2. The minimum atomic E-state index is -0.580. The molecule has 182 valence electrons. The van der Waals surface area contributed by atoms with Crippen LogP contribution in [0.25, 0.3) is 0 Å². The molecule has 2 aromatic rings. The lowest BCUT2D eigenvalue weighted by atomic mass is 10.1. The van der Waals surface area contributed by atoms with Gasteiger partial charge in [0.1, 0.15) is 29.5 Å². The second-order valence-electron chi connectivity index (χ2n) is 7.70. The molecule has 0 spiro atoms. The highest BCUT2D eigenvalue weighted by Gasteiger charge is 2.49. The summed E-state index contributed by atoms with van der Waals surface area (Å²) in [5.41, 5.74) is 1.31. The molecule has 2 heterocycles. The van der Waals surface area contributed by atoms with E-state index in [-0.39, 0.29) is 24.9 Å². The molecule has 34 heavy (non-hydrogen) atoms. The van der Waals surface area contributed by atoms with Crippen molar-refractivity contribution >= 4 is 34.8 Å². The zero-order valence-electron chi connectivity index (χ0n) is 19.0. The van der Waals surface area contributed by atoms with Crippen molar-refractivity contribution in [3.05, 3.63) is 42.5 Å². The van der Waals surface area contributed by atoms with E-state index in [2.05, 4.69) is 16.0 Å². The molecule has 0 unspecified atom stereocenters. The number of fused-ring (bicyclic) bond motifs is 1. The highest BCUT2D eigenvalue weighted by molar-refractivity contribution is 7.80. The van der Waals surface area contributed by atoms with Gasteiger partial charge in [-0.1, -0.05) is 0 Å². The van der Waals surface area contributed by atoms with Crippen LogP contribution >= 0.6 is 12.2 Å². The summed E-state index contributed by atoms with van der Waals surface area (Å²) in [4.78, 5) is 12.3. The Balaban J connectivity index is 1.28. The number of rotatable bonds is 7. The van der Waals surface area contributed by atoms with E-state index in [1.54, 1.807) is 51.7 Å². The Morgan fingerprint density at radius 1 is 0.853 bits per heavy atom. The van der Waals surface area contributed by atoms with Crippen LogP contribution in [0.2, 0.25) is 0 Å². The zero-order valence-corrected chi connectivity index (χ0v) is 19.8. The van der Waals surface area contributed by atoms with Crippen molar-refractivity contribution in [2.24, 2.45) is 0 Å². The number of carbonyl (C=O) groups is 1. The largest absolute Gasteiger partial charge is 0.497 e. The van der Waals surface area contributed by atoms with Crippen LogP contribution in [0.3, 0.4) is 0 Å². The molecular formula is C23H27N3O7S. The summed E-state index contributed by atoms with van der Waals surface area (Å²) in [5.74, 6) is 1.98. The van der Waals surface area contributed by atoms with Gasteiger partial charge in [0, 0.05) is 29.6 Å². The molecule has 0 saturated carbocycles. The third-order valence-corrected chi connectivity index (χ3v) is 5.75. The molecule has 2 fully saturated rings. The van der Waals surface area contributed by atoms with E-state index < -0.39 is 12.2 Å². The minimum absolute atomic E-state index is 0.198. The predicted octanol–water partition coefficient (Wildman–Crippen LogP) is 2.78. The molecule has 4 rings (SSSR count). The van der Waals surface area contributed by atoms with Crippen LogP contribution in [0.15, 0.2) is 42.5 Å². The van der Waals surface area contributed by atoms with Gasteiger partial charge in [0.25, 0.3) is 0 Å². The maximum atomic E-state index is 12.3. The summed E-state index contributed by atoms with van der Waals surface area (Å²) in [7, 11) is 4.74. The molecule has 11 heteroatoms. The Morgan fingerprint density at radius 2 is 1.50 bits per heavy atom. The van der Waals surface area contributed by atoms with Crippen molar-refractivity contribution in [3.8, 4) is 17.2 Å². The average molecular weight is 490 g/mol. The Kier molecular flexibility index (Phi) is 7.56. The lowest BCUT2D eigenvalue weighted by Gasteiger charge is -2.20. The van der Waals surface area contributed by atoms with Crippen LogP contribution in [0.1, 0.15) is 0 Å². The number of carbonyl (C=O) groups excluding carboxylic acids is 1. The molecule has 0 aliphatic carbocycles. The molecule has 0 radical (unpaired) electrons. The maximum Gasteiger partial charge on any atom is 0.412 e. The highest BCUT2D eigenvalue weighted by atomic mass is 32.1. The third-order valence-electron chi connectivity index (χ3n) is 5.53. The van der Waals surface area contributed by atoms with Gasteiger partial charge in [0.05, 0.1) is 40.6 Å². The normalized spacial score (nSPS) is 22.9. The SMILES string of the molecule is COc1ccc(NC(=O)O[C@@H]2CO[C@H]3[C@@H]2OC[C@@H]3NC(=S)Nc2cc(OC)cc(OC)c2)cc1. The van der Waals surface area contributed by atoms with Gasteiger partial charge in [-0.25, -0.2) is 4.79 Å². The summed E-state index contributed by atoms with van der Waals surface area (Å²) < 4.78 is 33.0. The number of nitrogens with one attached hydrogen (secondary N) is 3. The van der Waals surface area contributed by atoms with Crippen molar-refractivity contribution in [2.75, 3.05) is 45.2 Å². The second kappa shape index (κ2) is 10.8. The van der Waals surface area contributed by atoms with Gasteiger partial charge in [0.15, 0.2) is 11.2 Å². The van der Waals surface area contributed by atoms with Crippen molar-refractivity contribution in [1.82, 2.24) is 5.32 Å². The summed E-state index contributed by atoms with van der Waals surface area (Å²) in [6, 6.07) is 12.1. The first-order valence-electron chi connectivity index (χ1n) is 10.6. The summed E-state index contributed by atoms with van der Waals surface area (Å²) in [6.45, 7) is 0.593. The number of ether oxygens (including phenoxy) is 6. The fraction of sp³-hybridized carbons (Fsp3) is 0.391. The van der Waals surface area contributed by atoms with Gasteiger partial charge < -0.3 is 39.1 Å². The van der Waals surface area contributed by atoms with Crippen molar-refractivity contribution in [2.45, 2.75) is 24.4 Å². The van der Waals surface area contributed by atoms with Crippen molar-refractivity contribution < 1.29 is 33.2 Å². The van der Waals surface area contributed by atoms with E-state index in [4.69, 9.17) is 40.6 Å². The van der Waals surface area contributed by atoms with Crippen LogP contribution in [0.4, 0.5) is 16.2 Å². The topological polar surface area (TPSA) is 109 Å². The number of amides is 1. The fourth-order valence-corrected chi connectivity index (χ4v) is 4.13. The van der Waals surface area contributed by atoms with E-state index in [1.165, 1.54) is 0 Å². The van der Waals surface area contributed by atoms with E-state index in [0.717, 1.165) is 0 Å². The molecule has 10 nitrogen and oxygen atoms in total. The first-order valence-corrected chi connectivity index (χ1v) is 11.1. The number of methoxy groups -OCH3 is 3. The van der Waals surface area contributed by atoms with Crippen LogP contribution in [-0.4, -0.2) is 70.1 Å². The molecule has 3 N–H and O–H groups in total. The van der Waals surface area contributed by atoms with E-state index in [0.29, 0.717) is 40.3 Å². The van der Waals surface area contributed by atoms with Gasteiger partial charge in [-0.2, -0.15) is 0 Å². The molecule has 1 amide bonds. The second-order valence-corrected chi connectivity index (χ2v) is 8.11. The number of thiocarbonyl (C=S) groups is 1. The molecule has 2 saturated heterocycles. The first kappa shape index (κ1) is 23.9. The summed E-state index contributed by atoms with van der Waals surface area (Å²) in [6.07, 6.45) is -1.81. The Morgan fingerprint density at radius 3 is 2.15 bits per heavy atom.